The molecule has 0 bridgehead atoms. The van der Waals surface area contributed by atoms with Crippen LogP contribution in [-0.4, -0.2) is 12.5 Å². The lowest BCUT2D eigenvalue weighted by Gasteiger charge is -2.08. The van der Waals surface area contributed by atoms with Crippen molar-refractivity contribution < 1.29 is 4.79 Å². The average molecular weight is 167 g/mol. The van der Waals surface area contributed by atoms with Crippen LogP contribution in [0, 0.1) is 5.92 Å². The normalized spacial score (nSPS) is 9.33. The van der Waals surface area contributed by atoms with E-state index in [4.69, 9.17) is 0 Å². The largest absolute Gasteiger partial charge is 0.352 e. The summed E-state index contributed by atoms with van der Waals surface area (Å²) in [6.45, 7) is 10.1. The molecule has 1 amide bonds. The van der Waals surface area contributed by atoms with Crippen molar-refractivity contribution in [1.29, 1.82) is 0 Å². The molecule has 0 rings (SSSR count). The van der Waals surface area contributed by atoms with Crippen molar-refractivity contribution in [2.45, 2.75) is 27.2 Å². The van der Waals surface area contributed by atoms with E-state index in [-0.39, 0.29) is 11.8 Å². The first kappa shape index (κ1) is 11.0. The van der Waals surface area contributed by atoms with E-state index in [1.165, 1.54) is 0 Å². The van der Waals surface area contributed by atoms with Gasteiger partial charge in [0.05, 0.1) is 5.57 Å². The van der Waals surface area contributed by atoms with E-state index in [2.05, 4.69) is 17.6 Å². The molecule has 0 fully saturated rings. The van der Waals surface area contributed by atoms with Crippen molar-refractivity contribution in [3.8, 4) is 0 Å². The topological polar surface area (TPSA) is 29.1 Å². The molecule has 0 saturated carbocycles. The quantitative estimate of drug-likeness (QED) is 0.502. The van der Waals surface area contributed by atoms with Crippen molar-refractivity contribution in [2.24, 2.45) is 5.92 Å². The minimum absolute atomic E-state index is 0.0400. The smallest absolute Gasteiger partial charge is 0.255 e. The zero-order valence-electron chi connectivity index (χ0n) is 8.11. The van der Waals surface area contributed by atoms with Gasteiger partial charge < -0.3 is 5.32 Å². The molecule has 1 N–H and O–H groups in total. The van der Waals surface area contributed by atoms with E-state index < -0.39 is 0 Å². The van der Waals surface area contributed by atoms with Crippen molar-refractivity contribution in [1.82, 2.24) is 5.32 Å². The van der Waals surface area contributed by atoms with Gasteiger partial charge in [-0.05, 0) is 12.3 Å². The first-order chi connectivity index (χ1) is 5.63. The Morgan fingerprint density at radius 3 is 2.50 bits per heavy atom. The summed E-state index contributed by atoms with van der Waals surface area (Å²) in [6.07, 6.45) is 0.953. The van der Waals surface area contributed by atoms with Gasteiger partial charge in [0.1, 0.15) is 0 Å². The molecule has 0 radical (unpaired) electrons. The number of amides is 1. The highest BCUT2D eigenvalue weighted by Crippen LogP contribution is 2.06. The van der Waals surface area contributed by atoms with Gasteiger partial charge in [-0.2, -0.15) is 0 Å². The van der Waals surface area contributed by atoms with Crippen molar-refractivity contribution in [3.05, 3.63) is 17.9 Å². The molecule has 0 aromatic carbocycles. The minimum atomic E-state index is -0.0400. The summed E-state index contributed by atoms with van der Waals surface area (Å²) in [5, 5.41) is 2.79. The van der Waals surface area contributed by atoms with Crippen LogP contribution in [0.3, 0.4) is 0 Å². The summed E-state index contributed by atoms with van der Waals surface area (Å²) in [6, 6.07) is 0. The number of rotatable bonds is 4. The Morgan fingerprint density at radius 1 is 1.58 bits per heavy atom. The predicted octanol–water partition coefficient (Wildman–Crippen LogP) is 1.88. The van der Waals surface area contributed by atoms with Gasteiger partial charge >= 0.3 is 0 Å². The van der Waals surface area contributed by atoms with Gasteiger partial charge in [0, 0.05) is 6.54 Å². The van der Waals surface area contributed by atoms with Gasteiger partial charge in [0.15, 0.2) is 0 Å². The molecule has 0 aliphatic carbocycles. The number of hydrogen-bond donors (Lipinski definition) is 1. The van der Waals surface area contributed by atoms with Gasteiger partial charge in [-0.15, -0.1) is 5.73 Å². The standard InChI is InChI=1S/C10H17NO/c1-5-7-11-10(12)9(6-2)8(3)4/h8H,2,5,7H2,1,3-4H3,(H,11,12). The van der Waals surface area contributed by atoms with E-state index in [0.29, 0.717) is 5.57 Å². The van der Waals surface area contributed by atoms with E-state index in [1.54, 1.807) is 0 Å². The molecular formula is C10H17NO. The van der Waals surface area contributed by atoms with Crippen LogP contribution in [-0.2, 0) is 4.79 Å². The SMILES string of the molecule is C=C=C(C(=O)NCCC)C(C)C. The molecule has 2 nitrogen and oxygen atoms in total. The second-order valence-electron chi connectivity index (χ2n) is 3.00. The summed E-state index contributed by atoms with van der Waals surface area (Å²) < 4.78 is 0. The van der Waals surface area contributed by atoms with Crippen LogP contribution in [0.1, 0.15) is 27.2 Å². The highest BCUT2D eigenvalue weighted by atomic mass is 16.1. The van der Waals surface area contributed by atoms with Crippen molar-refractivity contribution in [3.63, 3.8) is 0 Å². The zero-order valence-corrected chi connectivity index (χ0v) is 8.11. The molecule has 2 heteroatoms. The molecule has 0 saturated heterocycles. The fourth-order valence-electron chi connectivity index (χ4n) is 0.880. The average Bonchev–Trinajstić information content (AvgIpc) is 2.01. The zero-order chi connectivity index (χ0) is 9.56. The second-order valence-corrected chi connectivity index (χ2v) is 3.00. The molecule has 0 spiro atoms. The molecule has 68 valence electrons. The number of carbonyl (C=O) groups excluding carboxylic acids is 1. The van der Waals surface area contributed by atoms with Crippen LogP contribution in [0.5, 0.6) is 0 Å². The fraction of sp³-hybridized carbons (Fsp3) is 0.600. The van der Waals surface area contributed by atoms with Crippen LogP contribution < -0.4 is 5.32 Å². The van der Waals surface area contributed by atoms with Gasteiger partial charge in [-0.3, -0.25) is 4.79 Å². The summed E-state index contributed by atoms with van der Waals surface area (Å²) in [4.78, 5) is 11.3. The van der Waals surface area contributed by atoms with Gasteiger partial charge in [0.2, 0.25) is 0 Å². The van der Waals surface area contributed by atoms with Crippen LogP contribution in [0.4, 0.5) is 0 Å². The van der Waals surface area contributed by atoms with E-state index in [0.717, 1.165) is 13.0 Å². The lowest BCUT2D eigenvalue weighted by molar-refractivity contribution is -0.117. The third kappa shape index (κ3) is 3.40. The first-order valence-electron chi connectivity index (χ1n) is 4.31. The van der Waals surface area contributed by atoms with E-state index in [1.807, 2.05) is 20.8 Å². The van der Waals surface area contributed by atoms with E-state index in [9.17, 15) is 4.79 Å². The van der Waals surface area contributed by atoms with Crippen LogP contribution >= 0.6 is 0 Å². The maximum Gasteiger partial charge on any atom is 0.255 e. The Balaban J connectivity index is 4.16. The molecule has 0 aliphatic rings. The summed E-state index contributed by atoms with van der Waals surface area (Å²) >= 11 is 0. The second kappa shape index (κ2) is 5.62. The maximum absolute atomic E-state index is 11.3. The Bertz CT molecular complexity index is 200. The van der Waals surface area contributed by atoms with E-state index >= 15 is 0 Å². The molecule has 0 unspecified atom stereocenters. The highest BCUT2D eigenvalue weighted by molar-refractivity contribution is 5.93. The van der Waals surface area contributed by atoms with Gasteiger partial charge in [-0.25, -0.2) is 0 Å². The highest BCUT2D eigenvalue weighted by Gasteiger charge is 2.10. The van der Waals surface area contributed by atoms with Crippen molar-refractivity contribution >= 4 is 5.91 Å². The van der Waals surface area contributed by atoms with Crippen LogP contribution in [0.15, 0.2) is 17.9 Å². The molecule has 0 atom stereocenters. The summed E-state index contributed by atoms with van der Waals surface area (Å²) in [7, 11) is 0. The molecule has 12 heavy (non-hydrogen) atoms. The number of hydrogen-bond acceptors (Lipinski definition) is 1. The van der Waals surface area contributed by atoms with Crippen LogP contribution in [0.2, 0.25) is 0 Å². The minimum Gasteiger partial charge on any atom is -0.352 e. The van der Waals surface area contributed by atoms with Gasteiger partial charge in [-0.1, -0.05) is 27.4 Å². The molecule has 0 heterocycles. The molecular weight excluding hydrogens is 150 g/mol. The fourth-order valence-corrected chi connectivity index (χ4v) is 0.880. The predicted molar refractivity (Wildman–Crippen MR) is 50.8 cm³/mol. The first-order valence-corrected chi connectivity index (χ1v) is 4.31. The number of carbonyl (C=O) groups is 1. The Labute approximate surface area is 74.4 Å². The Morgan fingerprint density at radius 2 is 2.17 bits per heavy atom. The maximum atomic E-state index is 11.3. The summed E-state index contributed by atoms with van der Waals surface area (Å²) in [5.41, 5.74) is 3.31. The Hall–Kier alpha value is -1.01. The monoisotopic (exact) mass is 167 g/mol. The molecule has 0 aliphatic heterocycles. The molecule has 0 aromatic heterocycles. The lowest BCUT2D eigenvalue weighted by Crippen LogP contribution is -2.27. The third-order valence-electron chi connectivity index (χ3n) is 1.55. The van der Waals surface area contributed by atoms with Crippen molar-refractivity contribution in [2.75, 3.05) is 6.54 Å². The van der Waals surface area contributed by atoms with Gasteiger partial charge in [0.25, 0.3) is 5.91 Å². The lowest BCUT2D eigenvalue weighted by atomic mass is 10.0. The van der Waals surface area contributed by atoms with Crippen LogP contribution in [0.25, 0.3) is 0 Å². The number of nitrogens with one attached hydrogen (secondary N) is 1. The third-order valence-corrected chi connectivity index (χ3v) is 1.55. The Kier molecular flexibility index (Phi) is 5.14. The summed E-state index contributed by atoms with van der Waals surface area (Å²) in [5.74, 6) is 0.154. The molecule has 0 aromatic rings.